The minimum absolute atomic E-state index is 0.120. The molecule has 1 aliphatic heterocycles. The van der Waals surface area contributed by atoms with Crippen LogP contribution in [0.3, 0.4) is 0 Å². The Labute approximate surface area is 185 Å². The standard InChI is InChI=1S/C23H26N8O/c1-3-17-9-20(29-23(24-2)28-17)19-12-26-22-18(19)8-15(10-25-22)16-11-27-31(13-16)14-21(32)30-6-4-5-7-30/h8-13H,3-7,14H2,1-2H3,(H,25,26)(H,24,28,29). The fourth-order valence-electron chi connectivity index (χ4n) is 4.11. The Kier molecular flexibility index (Phi) is 5.30. The molecule has 0 bridgehead atoms. The van der Waals surface area contributed by atoms with E-state index in [0.717, 1.165) is 71.5 Å². The molecule has 32 heavy (non-hydrogen) atoms. The Hall–Kier alpha value is -3.75. The second kappa shape index (κ2) is 8.41. The monoisotopic (exact) mass is 430 g/mol. The van der Waals surface area contributed by atoms with Gasteiger partial charge in [0, 0.05) is 66.5 Å². The van der Waals surface area contributed by atoms with Gasteiger partial charge in [0.05, 0.1) is 11.9 Å². The van der Waals surface area contributed by atoms with Gasteiger partial charge in [0.15, 0.2) is 0 Å². The van der Waals surface area contributed by atoms with Crippen molar-refractivity contribution in [2.24, 2.45) is 0 Å². The number of likely N-dealkylation sites (tertiary alicyclic amines) is 1. The number of nitrogens with one attached hydrogen (secondary N) is 2. The van der Waals surface area contributed by atoms with Gasteiger partial charge >= 0.3 is 0 Å². The van der Waals surface area contributed by atoms with Crippen LogP contribution in [-0.4, -0.2) is 60.7 Å². The predicted octanol–water partition coefficient (Wildman–Crippen LogP) is 3.11. The minimum atomic E-state index is 0.120. The van der Waals surface area contributed by atoms with Gasteiger partial charge in [-0.2, -0.15) is 5.10 Å². The van der Waals surface area contributed by atoms with Gasteiger partial charge in [-0.25, -0.2) is 15.0 Å². The van der Waals surface area contributed by atoms with Crippen LogP contribution in [0.15, 0.2) is 36.9 Å². The van der Waals surface area contributed by atoms with Crippen LogP contribution in [0.4, 0.5) is 5.95 Å². The zero-order valence-electron chi connectivity index (χ0n) is 18.3. The average molecular weight is 431 g/mol. The fourth-order valence-corrected chi connectivity index (χ4v) is 4.11. The number of carbonyl (C=O) groups excluding carboxylic acids is 1. The molecular weight excluding hydrogens is 404 g/mol. The highest BCUT2D eigenvalue weighted by Crippen LogP contribution is 2.30. The van der Waals surface area contributed by atoms with Crippen LogP contribution in [0.2, 0.25) is 0 Å². The summed E-state index contributed by atoms with van der Waals surface area (Å²) >= 11 is 0. The molecule has 9 nitrogen and oxygen atoms in total. The van der Waals surface area contributed by atoms with E-state index in [1.54, 1.807) is 10.9 Å². The summed E-state index contributed by atoms with van der Waals surface area (Å²) in [6.07, 6.45) is 10.4. The molecule has 0 aliphatic carbocycles. The molecule has 1 saturated heterocycles. The number of rotatable bonds is 6. The van der Waals surface area contributed by atoms with Crippen LogP contribution < -0.4 is 5.32 Å². The summed E-state index contributed by atoms with van der Waals surface area (Å²) in [4.78, 5) is 31.3. The Morgan fingerprint density at radius 2 is 2.00 bits per heavy atom. The topological polar surface area (TPSA) is 105 Å². The lowest BCUT2D eigenvalue weighted by molar-refractivity contribution is -0.130. The molecule has 0 radical (unpaired) electrons. The maximum Gasteiger partial charge on any atom is 0.244 e. The first-order valence-electron chi connectivity index (χ1n) is 11.0. The molecule has 2 N–H and O–H groups in total. The number of aromatic amines is 1. The molecule has 0 spiro atoms. The number of hydrogen-bond donors (Lipinski definition) is 2. The van der Waals surface area contributed by atoms with Crippen LogP contribution in [0.1, 0.15) is 25.5 Å². The van der Waals surface area contributed by atoms with E-state index < -0.39 is 0 Å². The molecule has 1 fully saturated rings. The summed E-state index contributed by atoms with van der Waals surface area (Å²) in [5, 5.41) is 8.42. The summed E-state index contributed by atoms with van der Waals surface area (Å²) in [5.41, 5.74) is 5.45. The SMILES string of the molecule is CCc1cc(-c2c[nH]c3ncc(-c4cnn(CC(=O)N5CCCC5)c4)cc23)nc(NC)n1. The molecule has 164 valence electrons. The lowest BCUT2D eigenvalue weighted by Crippen LogP contribution is -2.31. The summed E-state index contributed by atoms with van der Waals surface area (Å²) in [6, 6.07) is 4.10. The van der Waals surface area contributed by atoms with Crippen molar-refractivity contribution in [3.63, 3.8) is 0 Å². The Balaban J connectivity index is 1.46. The van der Waals surface area contributed by atoms with Gasteiger partial charge in [-0.05, 0) is 31.4 Å². The highest BCUT2D eigenvalue weighted by atomic mass is 16.2. The number of pyridine rings is 1. The molecule has 0 unspecified atom stereocenters. The van der Waals surface area contributed by atoms with E-state index in [9.17, 15) is 4.79 Å². The average Bonchev–Trinajstić information content (AvgIpc) is 3.59. The number of aromatic nitrogens is 6. The van der Waals surface area contributed by atoms with Gasteiger partial charge in [0.2, 0.25) is 11.9 Å². The first kappa shape index (κ1) is 20.2. The van der Waals surface area contributed by atoms with Gasteiger partial charge in [-0.15, -0.1) is 0 Å². The first-order valence-corrected chi connectivity index (χ1v) is 11.0. The zero-order valence-corrected chi connectivity index (χ0v) is 18.3. The van der Waals surface area contributed by atoms with Crippen molar-refractivity contribution in [3.05, 3.63) is 42.6 Å². The maximum atomic E-state index is 12.4. The lowest BCUT2D eigenvalue weighted by atomic mass is 10.1. The number of aryl methyl sites for hydroxylation is 1. The van der Waals surface area contributed by atoms with E-state index in [-0.39, 0.29) is 12.5 Å². The molecular formula is C23H26N8O. The van der Waals surface area contributed by atoms with Crippen molar-refractivity contribution in [2.45, 2.75) is 32.7 Å². The largest absolute Gasteiger partial charge is 0.357 e. The summed E-state index contributed by atoms with van der Waals surface area (Å²) in [5.74, 6) is 0.719. The third-order valence-electron chi connectivity index (χ3n) is 5.89. The molecule has 9 heteroatoms. The highest BCUT2D eigenvalue weighted by Gasteiger charge is 2.19. The molecule has 5 rings (SSSR count). The second-order valence-electron chi connectivity index (χ2n) is 8.01. The van der Waals surface area contributed by atoms with Crippen molar-refractivity contribution in [1.82, 2.24) is 34.6 Å². The fraction of sp³-hybridized carbons (Fsp3) is 0.348. The van der Waals surface area contributed by atoms with E-state index in [4.69, 9.17) is 0 Å². The quantitative estimate of drug-likeness (QED) is 0.487. The normalized spacial score (nSPS) is 13.8. The van der Waals surface area contributed by atoms with Crippen molar-refractivity contribution in [3.8, 4) is 22.4 Å². The van der Waals surface area contributed by atoms with Gasteiger partial charge in [-0.3, -0.25) is 9.48 Å². The smallest absolute Gasteiger partial charge is 0.244 e. The van der Waals surface area contributed by atoms with Crippen molar-refractivity contribution >= 4 is 22.9 Å². The molecule has 0 aromatic carbocycles. The number of fused-ring (bicyclic) bond motifs is 1. The molecule has 1 aliphatic rings. The number of amides is 1. The highest BCUT2D eigenvalue weighted by molar-refractivity contribution is 5.95. The number of carbonyl (C=O) groups is 1. The maximum absolute atomic E-state index is 12.4. The number of H-pyrrole nitrogens is 1. The number of hydrogen-bond acceptors (Lipinski definition) is 6. The first-order chi connectivity index (χ1) is 15.6. The van der Waals surface area contributed by atoms with Crippen molar-refractivity contribution in [2.75, 3.05) is 25.5 Å². The summed E-state index contributed by atoms with van der Waals surface area (Å²) in [7, 11) is 1.82. The second-order valence-corrected chi connectivity index (χ2v) is 8.01. The minimum Gasteiger partial charge on any atom is -0.357 e. The number of nitrogens with zero attached hydrogens (tertiary/aromatic N) is 6. The summed E-state index contributed by atoms with van der Waals surface area (Å²) in [6.45, 7) is 4.04. The van der Waals surface area contributed by atoms with Crippen LogP contribution in [0, 0.1) is 0 Å². The van der Waals surface area contributed by atoms with Gasteiger partial charge < -0.3 is 15.2 Å². The van der Waals surface area contributed by atoms with Crippen molar-refractivity contribution in [1.29, 1.82) is 0 Å². The zero-order chi connectivity index (χ0) is 22.1. The van der Waals surface area contributed by atoms with E-state index in [0.29, 0.717) is 5.95 Å². The van der Waals surface area contributed by atoms with Crippen molar-refractivity contribution < 1.29 is 4.79 Å². The van der Waals surface area contributed by atoms with E-state index >= 15 is 0 Å². The number of anilines is 1. The van der Waals surface area contributed by atoms with Crippen LogP contribution in [-0.2, 0) is 17.8 Å². The Bertz CT molecular complexity index is 1250. The Morgan fingerprint density at radius 1 is 1.16 bits per heavy atom. The molecule has 4 aromatic heterocycles. The molecule has 0 saturated carbocycles. The summed E-state index contributed by atoms with van der Waals surface area (Å²) < 4.78 is 1.70. The van der Waals surface area contributed by atoms with E-state index in [1.807, 2.05) is 36.6 Å². The van der Waals surface area contributed by atoms with Gasteiger partial charge in [0.25, 0.3) is 0 Å². The third kappa shape index (κ3) is 3.81. The molecule has 4 aromatic rings. The predicted molar refractivity (Wildman–Crippen MR) is 123 cm³/mol. The molecule has 5 heterocycles. The van der Waals surface area contributed by atoms with E-state index in [1.165, 1.54) is 0 Å². The van der Waals surface area contributed by atoms with Crippen LogP contribution in [0.25, 0.3) is 33.4 Å². The van der Waals surface area contributed by atoms with Gasteiger partial charge in [0.1, 0.15) is 12.2 Å². The molecule has 0 atom stereocenters. The lowest BCUT2D eigenvalue weighted by Gasteiger charge is -2.14. The van der Waals surface area contributed by atoms with E-state index in [2.05, 4.69) is 43.3 Å². The Morgan fingerprint density at radius 3 is 2.78 bits per heavy atom. The van der Waals surface area contributed by atoms with Crippen LogP contribution in [0.5, 0.6) is 0 Å². The van der Waals surface area contributed by atoms with Crippen LogP contribution >= 0.6 is 0 Å². The third-order valence-corrected chi connectivity index (χ3v) is 5.89. The van der Waals surface area contributed by atoms with Gasteiger partial charge in [-0.1, -0.05) is 6.92 Å². The molecule has 1 amide bonds.